The van der Waals surface area contributed by atoms with Gasteiger partial charge in [-0.3, -0.25) is 0 Å². The number of anilines is 2. The zero-order valence-electron chi connectivity index (χ0n) is 16.9. The molecule has 0 bridgehead atoms. The van der Waals surface area contributed by atoms with E-state index in [0.717, 1.165) is 11.1 Å². The fraction of sp³-hybridized carbons (Fsp3) is 0.160. The number of fused-ring (bicyclic) bond motifs is 3. The topological polar surface area (TPSA) is 90.4 Å². The first kappa shape index (κ1) is 19.6. The summed E-state index contributed by atoms with van der Waals surface area (Å²) in [5.41, 5.74) is 19.6. The summed E-state index contributed by atoms with van der Waals surface area (Å²) in [5, 5.41) is 2.76. The van der Waals surface area contributed by atoms with Gasteiger partial charge in [0.25, 0.3) is 0 Å². The van der Waals surface area contributed by atoms with Crippen molar-refractivity contribution >= 4 is 23.5 Å². The lowest BCUT2D eigenvalue weighted by Crippen LogP contribution is -2.26. The molecule has 0 heterocycles. The van der Waals surface area contributed by atoms with Crippen molar-refractivity contribution in [1.82, 2.24) is 5.32 Å². The van der Waals surface area contributed by atoms with E-state index >= 15 is 0 Å². The van der Waals surface area contributed by atoms with Gasteiger partial charge in [-0.2, -0.15) is 0 Å². The summed E-state index contributed by atoms with van der Waals surface area (Å²) >= 11 is 0. The summed E-state index contributed by atoms with van der Waals surface area (Å²) < 4.78 is 5.53. The minimum absolute atomic E-state index is 0.0550. The lowest BCUT2D eigenvalue weighted by atomic mass is 9.98. The molecule has 5 heteroatoms. The van der Waals surface area contributed by atoms with Crippen LogP contribution in [0.2, 0.25) is 0 Å². The summed E-state index contributed by atoms with van der Waals surface area (Å²) in [5.74, 6) is 0.0550. The summed E-state index contributed by atoms with van der Waals surface area (Å²) in [6.45, 7) is 2.58. The Kier molecular flexibility index (Phi) is 5.44. The van der Waals surface area contributed by atoms with Crippen molar-refractivity contribution in [2.24, 2.45) is 0 Å². The normalized spacial score (nSPS) is 12.6. The number of nitrogen functional groups attached to an aromatic ring is 2. The maximum Gasteiger partial charge on any atom is 0.407 e. The van der Waals surface area contributed by atoms with Crippen LogP contribution in [0.3, 0.4) is 0 Å². The maximum atomic E-state index is 12.2. The fourth-order valence-corrected chi connectivity index (χ4v) is 3.94. The minimum atomic E-state index is -0.436. The van der Waals surface area contributed by atoms with Gasteiger partial charge < -0.3 is 21.5 Å². The number of rotatable bonds is 5. The summed E-state index contributed by atoms with van der Waals surface area (Å²) in [6, 6.07) is 20.3. The van der Waals surface area contributed by atoms with Crippen LogP contribution in [0.4, 0.5) is 16.2 Å². The highest BCUT2D eigenvalue weighted by molar-refractivity contribution is 5.79. The SMILES string of the molecule is Cc1cc(C=CCNC(=O)OCC2c3ccccc3-c3ccccc32)cc(N)c1N. The zero-order valence-corrected chi connectivity index (χ0v) is 16.9. The molecule has 0 saturated heterocycles. The number of ether oxygens (including phenoxy) is 1. The van der Waals surface area contributed by atoms with Crippen molar-refractivity contribution in [3.8, 4) is 11.1 Å². The number of benzene rings is 3. The molecule has 5 nitrogen and oxygen atoms in total. The van der Waals surface area contributed by atoms with Crippen molar-refractivity contribution in [1.29, 1.82) is 0 Å². The Balaban J connectivity index is 1.34. The maximum absolute atomic E-state index is 12.2. The molecule has 0 spiro atoms. The van der Waals surface area contributed by atoms with Gasteiger partial charge in [0.15, 0.2) is 0 Å². The van der Waals surface area contributed by atoms with E-state index in [-0.39, 0.29) is 5.92 Å². The lowest BCUT2D eigenvalue weighted by Gasteiger charge is -2.14. The van der Waals surface area contributed by atoms with E-state index in [1.807, 2.05) is 55.5 Å². The quantitative estimate of drug-likeness (QED) is 0.542. The van der Waals surface area contributed by atoms with Gasteiger partial charge >= 0.3 is 6.09 Å². The van der Waals surface area contributed by atoms with Crippen LogP contribution in [0.25, 0.3) is 17.2 Å². The van der Waals surface area contributed by atoms with E-state index in [2.05, 4.69) is 29.6 Å². The number of carbonyl (C=O) groups excluding carboxylic acids is 1. The van der Waals surface area contributed by atoms with E-state index in [0.29, 0.717) is 24.5 Å². The molecule has 0 fully saturated rings. The number of hydrogen-bond acceptors (Lipinski definition) is 4. The first-order valence-corrected chi connectivity index (χ1v) is 9.95. The molecule has 152 valence electrons. The summed E-state index contributed by atoms with van der Waals surface area (Å²) in [4.78, 5) is 12.2. The van der Waals surface area contributed by atoms with Gasteiger partial charge in [-0.1, -0.05) is 60.7 Å². The molecular weight excluding hydrogens is 374 g/mol. The third-order valence-corrected chi connectivity index (χ3v) is 5.46. The highest BCUT2D eigenvalue weighted by atomic mass is 16.5. The molecule has 1 amide bonds. The number of alkyl carbamates (subject to hydrolysis) is 1. The van der Waals surface area contributed by atoms with Gasteiger partial charge in [0.1, 0.15) is 6.61 Å². The standard InChI is InChI=1S/C25H25N3O2/c1-16-13-17(14-23(26)24(16)27)7-6-12-28-25(29)30-15-22-20-10-4-2-8-18(20)19-9-3-5-11-21(19)22/h2-11,13-14,22H,12,15,26-27H2,1H3,(H,28,29). The minimum Gasteiger partial charge on any atom is -0.449 e. The Labute approximate surface area is 176 Å². The Morgan fingerprint density at radius 3 is 2.30 bits per heavy atom. The molecule has 3 aromatic carbocycles. The second-order valence-corrected chi connectivity index (χ2v) is 7.45. The van der Waals surface area contributed by atoms with E-state index in [9.17, 15) is 4.79 Å². The number of amides is 1. The predicted octanol–water partition coefficient (Wildman–Crippen LogP) is 4.71. The molecule has 0 radical (unpaired) electrons. The molecule has 1 aliphatic carbocycles. The number of aryl methyl sites for hydroxylation is 1. The van der Waals surface area contributed by atoms with Crippen LogP contribution in [0.1, 0.15) is 28.2 Å². The monoisotopic (exact) mass is 399 g/mol. The highest BCUT2D eigenvalue weighted by Gasteiger charge is 2.28. The van der Waals surface area contributed by atoms with E-state index in [1.165, 1.54) is 22.3 Å². The Morgan fingerprint density at radius 2 is 1.67 bits per heavy atom. The third-order valence-electron chi connectivity index (χ3n) is 5.46. The van der Waals surface area contributed by atoms with E-state index < -0.39 is 6.09 Å². The number of carbonyl (C=O) groups is 1. The Bertz CT molecular complexity index is 1050. The number of nitrogens with two attached hydrogens (primary N) is 2. The predicted molar refractivity (Wildman–Crippen MR) is 122 cm³/mol. The third kappa shape index (κ3) is 3.87. The molecule has 0 atom stereocenters. The van der Waals surface area contributed by atoms with Crippen LogP contribution in [0, 0.1) is 6.92 Å². The molecule has 1 aliphatic rings. The second-order valence-electron chi connectivity index (χ2n) is 7.45. The Hall–Kier alpha value is -3.73. The van der Waals surface area contributed by atoms with Crippen molar-refractivity contribution in [3.05, 3.63) is 89.0 Å². The molecule has 0 aliphatic heterocycles. The zero-order chi connectivity index (χ0) is 21.1. The summed E-state index contributed by atoms with van der Waals surface area (Å²) in [6.07, 6.45) is 3.31. The van der Waals surface area contributed by atoms with Crippen molar-refractivity contribution in [3.63, 3.8) is 0 Å². The van der Waals surface area contributed by atoms with Gasteiger partial charge in [0, 0.05) is 12.5 Å². The van der Waals surface area contributed by atoms with Crippen LogP contribution in [0.5, 0.6) is 0 Å². The fourth-order valence-electron chi connectivity index (χ4n) is 3.94. The largest absolute Gasteiger partial charge is 0.449 e. The first-order chi connectivity index (χ1) is 14.5. The van der Waals surface area contributed by atoms with Crippen LogP contribution in [-0.4, -0.2) is 19.2 Å². The van der Waals surface area contributed by atoms with Crippen molar-refractivity contribution in [2.75, 3.05) is 24.6 Å². The number of hydrogen-bond donors (Lipinski definition) is 3. The average Bonchev–Trinajstić information content (AvgIpc) is 3.07. The van der Waals surface area contributed by atoms with Crippen molar-refractivity contribution in [2.45, 2.75) is 12.8 Å². The van der Waals surface area contributed by atoms with Gasteiger partial charge in [-0.15, -0.1) is 0 Å². The average molecular weight is 399 g/mol. The molecule has 3 aromatic rings. The van der Waals surface area contributed by atoms with Gasteiger partial charge in [0.2, 0.25) is 0 Å². The highest BCUT2D eigenvalue weighted by Crippen LogP contribution is 2.44. The smallest absolute Gasteiger partial charge is 0.407 e. The summed E-state index contributed by atoms with van der Waals surface area (Å²) in [7, 11) is 0. The molecular formula is C25H25N3O2. The number of nitrogens with one attached hydrogen (secondary N) is 1. The van der Waals surface area contributed by atoms with Gasteiger partial charge in [-0.05, 0) is 52.4 Å². The van der Waals surface area contributed by atoms with E-state index in [4.69, 9.17) is 16.2 Å². The van der Waals surface area contributed by atoms with Gasteiger partial charge in [-0.25, -0.2) is 4.79 Å². The van der Waals surface area contributed by atoms with E-state index in [1.54, 1.807) is 0 Å². The second kappa shape index (κ2) is 8.33. The van der Waals surface area contributed by atoms with Crippen LogP contribution >= 0.6 is 0 Å². The van der Waals surface area contributed by atoms with Crippen LogP contribution in [0.15, 0.2) is 66.7 Å². The molecule has 0 unspecified atom stereocenters. The van der Waals surface area contributed by atoms with Crippen LogP contribution in [-0.2, 0) is 4.74 Å². The first-order valence-electron chi connectivity index (χ1n) is 9.95. The molecule has 0 saturated carbocycles. The Morgan fingerprint density at radius 1 is 1.03 bits per heavy atom. The molecule has 5 N–H and O–H groups in total. The molecule has 30 heavy (non-hydrogen) atoms. The molecule has 0 aromatic heterocycles. The molecule has 4 rings (SSSR count). The lowest BCUT2D eigenvalue weighted by molar-refractivity contribution is 0.144. The van der Waals surface area contributed by atoms with Gasteiger partial charge in [0.05, 0.1) is 11.4 Å². The van der Waals surface area contributed by atoms with Crippen molar-refractivity contribution < 1.29 is 9.53 Å². The van der Waals surface area contributed by atoms with Crippen LogP contribution < -0.4 is 16.8 Å².